The molecule has 92 valence electrons. The first-order valence-corrected chi connectivity index (χ1v) is 5.81. The fourth-order valence-corrected chi connectivity index (χ4v) is 1.82. The fourth-order valence-electron chi connectivity index (χ4n) is 1.82. The van der Waals surface area contributed by atoms with Gasteiger partial charge < -0.3 is 15.5 Å². The lowest BCUT2D eigenvalue weighted by Gasteiger charge is -2.30. The van der Waals surface area contributed by atoms with Gasteiger partial charge in [-0.15, -0.1) is 5.10 Å². The summed E-state index contributed by atoms with van der Waals surface area (Å²) in [5.74, 6) is 0.737. The van der Waals surface area contributed by atoms with E-state index in [2.05, 4.69) is 20.8 Å². The number of nitrogens with one attached hydrogen (secondary N) is 2. The van der Waals surface area contributed by atoms with E-state index in [1.807, 2.05) is 11.8 Å². The third-order valence-corrected chi connectivity index (χ3v) is 2.74. The Morgan fingerprint density at radius 3 is 2.94 bits per heavy atom. The van der Waals surface area contributed by atoms with Crippen LogP contribution in [-0.2, 0) is 4.79 Å². The molecule has 0 saturated carbocycles. The van der Waals surface area contributed by atoms with Crippen molar-refractivity contribution in [3.8, 4) is 0 Å². The zero-order chi connectivity index (χ0) is 12.1. The summed E-state index contributed by atoms with van der Waals surface area (Å²) in [5.41, 5.74) is 0. The quantitative estimate of drug-likeness (QED) is 0.753. The van der Waals surface area contributed by atoms with Crippen molar-refractivity contribution in [2.75, 3.05) is 31.5 Å². The normalized spacial score (nSPS) is 17.6. The molecule has 0 radical (unpaired) electrons. The van der Waals surface area contributed by atoms with Gasteiger partial charge in [0.2, 0.25) is 5.91 Å². The van der Waals surface area contributed by atoms with Crippen LogP contribution in [0.4, 0.5) is 5.82 Å². The predicted molar refractivity (Wildman–Crippen MR) is 64.6 cm³/mol. The molecule has 1 aromatic heterocycles. The summed E-state index contributed by atoms with van der Waals surface area (Å²) in [6, 6.07) is 3.32. The first kappa shape index (κ1) is 11.8. The molecule has 17 heavy (non-hydrogen) atoms. The molecule has 2 rings (SSSR count). The molecule has 0 aliphatic carbocycles. The van der Waals surface area contributed by atoms with Crippen LogP contribution >= 0.6 is 0 Å². The number of carbonyl (C=O) groups is 1. The van der Waals surface area contributed by atoms with Gasteiger partial charge in [-0.05, 0) is 19.1 Å². The summed E-state index contributed by atoms with van der Waals surface area (Å²) in [4.78, 5) is 14.0. The number of nitrogens with zero attached hydrogens (tertiary/aromatic N) is 3. The van der Waals surface area contributed by atoms with Crippen LogP contribution in [-0.4, -0.2) is 53.2 Å². The van der Waals surface area contributed by atoms with Crippen LogP contribution in [0, 0.1) is 0 Å². The molecule has 1 aliphatic rings. The van der Waals surface area contributed by atoms with Crippen molar-refractivity contribution >= 4 is 11.7 Å². The fraction of sp³-hybridized carbons (Fsp3) is 0.545. The zero-order valence-electron chi connectivity index (χ0n) is 9.89. The van der Waals surface area contributed by atoms with Gasteiger partial charge in [-0.2, -0.15) is 5.10 Å². The van der Waals surface area contributed by atoms with E-state index in [0.717, 1.165) is 26.2 Å². The van der Waals surface area contributed by atoms with Gasteiger partial charge in [-0.3, -0.25) is 4.79 Å². The molecule has 1 aromatic rings. The van der Waals surface area contributed by atoms with Crippen LogP contribution in [0.5, 0.6) is 0 Å². The molecule has 1 atom stereocenters. The van der Waals surface area contributed by atoms with E-state index in [4.69, 9.17) is 0 Å². The molecular formula is C11H17N5O. The van der Waals surface area contributed by atoms with Gasteiger partial charge in [-0.25, -0.2) is 0 Å². The van der Waals surface area contributed by atoms with Gasteiger partial charge in [0.05, 0.1) is 0 Å². The van der Waals surface area contributed by atoms with E-state index in [-0.39, 0.29) is 11.9 Å². The Hall–Kier alpha value is -1.69. The molecule has 0 aromatic carbocycles. The van der Waals surface area contributed by atoms with Crippen molar-refractivity contribution in [1.29, 1.82) is 0 Å². The largest absolute Gasteiger partial charge is 0.357 e. The van der Waals surface area contributed by atoms with Gasteiger partial charge in [0.1, 0.15) is 11.9 Å². The Balaban J connectivity index is 1.90. The van der Waals surface area contributed by atoms with Crippen LogP contribution in [0.3, 0.4) is 0 Å². The Labute approximate surface area is 100 Å². The maximum absolute atomic E-state index is 12.1. The first-order chi connectivity index (χ1) is 8.27. The lowest BCUT2D eigenvalue weighted by Crippen LogP contribution is -2.50. The summed E-state index contributed by atoms with van der Waals surface area (Å²) < 4.78 is 0. The Morgan fingerprint density at radius 2 is 2.29 bits per heavy atom. The monoisotopic (exact) mass is 235 g/mol. The molecule has 6 nitrogen and oxygen atoms in total. The van der Waals surface area contributed by atoms with Crippen LogP contribution in [0.15, 0.2) is 18.3 Å². The number of hydrogen-bond acceptors (Lipinski definition) is 5. The molecule has 1 amide bonds. The van der Waals surface area contributed by atoms with Crippen LogP contribution < -0.4 is 10.6 Å². The first-order valence-electron chi connectivity index (χ1n) is 5.81. The molecule has 1 fully saturated rings. The van der Waals surface area contributed by atoms with E-state index in [9.17, 15) is 4.79 Å². The average Bonchev–Trinajstić information content (AvgIpc) is 2.40. The number of aromatic nitrogens is 2. The van der Waals surface area contributed by atoms with Crippen LogP contribution in [0.2, 0.25) is 0 Å². The second kappa shape index (κ2) is 5.58. The van der Waals surface area contributed by atoms with Gasteiger partial charge in [0, 0.05) is 32.4 Å². The smallest absolute Gasteiger partial charge is 0.244 e. The second-order valence-electron chi connectivity index (χ2n) is 4.05. The minimum Gasteiger partial charge on any atom is -0.357 e. The minimum atomic E-state index is -0.273. The van der Waals surface area contributed by atoms with E-state index >= 15 is 0 Å². The summed E-state index contributed by atoms with van der Waals surface area (Å²) in [6.45, 7) is 5.11. The third-order valence-electron chi connectivity index (χ3n) is 2.74. The lowest BCUT2D eigenvalue weighted by molar-refractivity contribution is -0.132. The van der Waals surface area contributed by atoms with Crippen molar-refractivity contribution < 1.29 is 4.79 Å². The van der Waals surface area contributed by atoms with E-state index < -0.39 is 0 Å². The number of carbonyl (C=O) groups excluding carboxylic acids is 1. The number of hydrogen-bond donors (Lipinski definition) is 2. The second-order valence-corrected chi connectivity index (χ2v) is 4.05. The number of rotatable bonds is 3. The maximum atomic E-state index is 12.1. The van der Waals surface area contributed by atoms with Crippen LogP contribution in [0.25, 0.3) is 0 Å². The summed E-state index contributed by atoms with van der Waals surface area (Å²) in [6.07, 6.45) is 1.61. The standard InChI is InChI=1S/C11H17N5O/c1-9(14-10-3-2-4-13-15-10)11(17)16-7-5-12-6-8-16/h2-4,9,12H,5-8H2,1H3,(H,14,15). The third kappa shape index (κ3) is 3.13. The van der Waals surface area contributed by atoms with Crippen molar-refractivity contribution in [2.45, 2.75) is 13.0 Å². The van der Waals surface area contributed by atoms with E-state index in [0.29, 0.717) is 5.82 Å². The Bertz CT molecular complexity index is 363. The Kier molecular flexibility index (Phi) is 3.87. The van der Waals surface area contributed by atoms with Crippen LogP contribution in [0.1, 0.15) is 6.92 Å². The zero-order valence-corrected chi connectivity index (χ0v) is 9.89. The highest BCUT2D eigenvalue weighted by molar-refractivity contribution is 5.84. The van der Waals surface area contributed by atoms with Crippen molar-refractivity contribution in [1.82, 2.24) is 20.4 Å². The molecule has 1 unspecified atom stereocenters. The minimum absolute atomic E-state index is 0.108. The average molecular weight is 235 g/mol. The van der Waals surface area contributed by atoms with E-state index in [1.165, 1.54) is 0 Å². The van der Waals surface area contributed by atoms with Crippen molar-refractivity contribution in [2.24, 2.45) is 0 Å². The molecule has 0 bridgehead atoms. The van der Waals surface area contributed by atoms with Gasteiger partial charge >= 0.3 is 0 Å². The predicted octanol–water partition coefficient (Wildman–Crippen LogP) is -0.291. The molecule has 2 heterocycles. The number of amides is 1. The van der Waals surface area contributed by atoms with E-state index in [1.54, 1.807) is 18.3 Å². The summed E-state index contributed by atoms with van der Waals surface area (Å²) in [5, 5.41) is 13.9. The van der Waals surface area contributed by atoms with Gasteiger partial charge in [0.25, 0.3) is 0 Å². The van der Waals surface area contributed by atoms with Crippen molar-refractivity contribution in [3.05, 3.63) is 18.3 Å². The maximum Gasteiger partial charge on any atom is 0.244 e. The molecule has 0 spiro atoms. The van der Waals surface area contributed by atoms with Gasteiger partial charge in [0.15, 0.2) is 0 Å². The molecule has 2 N–H and O–H groups in total. The molecular weight excluding hydrogens is 218 g/mol. The number of anilines is 1. The summed E-state index contributed by atoms with van der Waals surface area (Å²) in [7, 11) is 0. The van der Waals surface area contributed by atoms with Gasteiger partial charge in [-0.1, -0.05) is 0 Å². The summed E-state index contributed by atoms with van der Waals surface area (Å²) >= 11 is 0. The topological polar surface area (TPSA) is 70.2 Å². The molecule has 6 heteroatoms. The highest BCUT2D eigenvalue weighted by atomic mass is 16.2. The number of piperazine rings is 1. The Morgan fingerprint density at radius 1 is 1.53 bits per heavy atom. The highest BCUT2D eigenvalue weighted by Gasteiger charge is 2.21. The van der Waals surface area contributed by atoms with Crippen molar-refractivity contribution in [3.63, 3.8) is 0 Å². The SMILES string of the molecule is CC(Nc1cccnn1)C(=O)N1CCNCC1. The lowest BCUT2D eigenvalue weighted by atomic mass is 10.2. The highest BCUT2D eigenvalue weighted by Crippen LogP contribution is 2.04. The molecule has 1 saturated heterocycles. The molecule has 1 aliphatic heterocycles.